The molecular formula is C20H20Cl2N2O3S. The Morgan fingerprint density at radius 3 is 2.29 bits per heavy atom. The molecule has 1 heterocycles. The molecule has 8 heteroatoms. The highest BCUT2D eigenvalue weighted by atomic mass is 35.5. The van der Waals surface area contributed by atoms with Crippen molar-refractivity contribution in [2.45, 2.75) is 6.42 Å². The van der Waals surface area contributed by atoms with Gasteiger partial charge in [-0.3, -0.25) is 4.79 Å². The van der Waals surface area contributed by atoms with E-state index in [4.69, 9.17) is 23.2 Å². The van der Waals surface area contributed by atoms with Crippen molar-refractivity contribution in [3.63, 3.8) is 0 Å². The summed E-state index contributed by atoms with van der Waals surface area (Å²) in [4.78, 5) is 14.2. The third-order valence-electron chi connectivity index (χ3n) is 4.52. The summed E-state index contributed by atoms with van der Waals surface area (Å²) in [6, 6.07) is 14.4. The second kappa shape index (κ2) is 9.09. The van der Waals surface area contributed by atoms with E-state index in [1.54, 1.807) is 29.2 Å². The van der Waals surface area contributed by atoms with Crippen LogP contribution in [0, 0.1) is 0 Å². The Morgan fingerprint density at radius 1 is 0.964 bits per heavy atom. The highest BCUT2D eigenvalue weighted by Gasteiger charge is 2.27. The molecule has 1 amide bonds. The number of carbonyl (C=O) groups excluding carboxylic acids is 1. The first kappa shape index (κ1) is 20.9. The number of amides is 1. The van der Waals surface area contributed by atoms with Crippen molar-refractivity contribution in [1.29, 1.82) is 0 Å². The van der Waals surface area contributed by atoms with Crippen molar-refractivity contribution in [3.8, 4) is 0 Å². The Morgan fingerprint density at radius 2 is 1.64 bits per heavy atom. The predicted molar refractivity (Wildman–Crippen MR) is 113 cm³/mol. The normalized spacial score (nSPS) is 15.9. The van der Waals surface area contributed by atoms with Gasteiger partial charge in [-0.15, -0.1) is 0 Å². The summed E-state index contributed by atoms with van der Waals surface area (Å²) in [6.07, 6.45) is 1.79. The molecule has 0 unspecified atom stereocenters. The van der Waals surface area contributed by atoms with Gasteiger partial charge in [-0.2, -0.15) is 4.31 Å². The monoisotopic (exact) mass is 438 g/mol. The number of hydrogen-bond donors (Lipinski definition) is 0. The van der Waals surface area contributed by atoms with Crippen molar-refractivity contribution in [1.82, 2.24) is 9.21 Å². The van der Waals surface area contributed by atoms with Crippen LogP contribution in [0.2, 0.25) is 10.0 Å². The Labute approximate surface area is 175 Å². The van der Waals surface area contributed by atoms with Crippen LogP contribution in [0.5, 0.6) is 0 Å². The highest BCUT2D eigenvalue weighted by molar-refractivity contribution is 7.92. The summed E-state index contributed by atoms with van der Waals surface area (Å²) in [7, 11) is -3.52. The molecular weight excluding hydrogens is 419 g/mol. The molecule has 1 saturated heterocycles. The van der Waals surface area contributed by atoms with Gasteiger partial charge in [-0.1, -0.05) is 59.6 Å². The number of halogens is 2. The third-order valence-corrected chi connectivity index (χ3v) is 6.83. The van der Waals surface area contributed by atoms with Crippen molar-refractivity contribution >= 4 is 45.2 Å². The zero-order valence-electron chi connectivity index (χ0n) is 15.1. The molecule has 0 aliphatic carbocycles. The fourth-order valence-corrected chi connectivity index (χ4v) is 4.44. The van der Waals surface area contributed by atoms with E-state index in [9.17, 15) is 13.2 Å². The van der Waals surface area contributed by atoms with E-state index in [2.05, 4.69) is 0 Å². The van der Waals surface area contributed by atoms with Gasteiger partial charge in [0.05, 0.1) is 16.5 Å². The first-order valence-electron chi connectivity index (χ1n) is 8.80. The molecule has 0 spiro atoms. The van der Waals surface area contributed by atoms with Gasteiger partial charge in [0, 0.05) is 31.6 Å². The zero-order chi connectivity index (χ0) is 20.1. The number of rotatable bonds is 5. The quantitative estimate of drug-likeness (QED) is 0.714. The lowest BCUT2D eigenvalue weighted by Gasteiger charge is -2.33. The Hall–Kier alpha value is -1.86. The van der Waals surface area contributed by atoms with E-state index in [1.807, 2.05) is 30.3 Å². The highest BCUT2D eigenvalue weighted by Crippen LogP contribution is 2.23. The van der Waals surface area contributed by atoms with Gasteiger partial charge in [0.25, 0.3) is 0 Å². The van der Waals surface area contributed by atoms with Gasteiger partial charge in [-0.25, -0.2) is 8.42 Å². The Balaban J connectivity index is 1.56. The van der Waals surface area contributed by atoms with E-state index >= 15 is 0 Å². The van der Waals surface area contributed by atoms with E-state index in [0.717, 1.165) is 11.1 Å². The van der Waals surface area contributed by atoms with Crippen LogP contribution in [-0.4, -0.2) is 49.7 Å². The topological polar surface area (TPSA) is 57.7 Å². The summed E-state index contributed by atoms with van der Waals surface area (Å²) in [5, 5.41) is 2.07. The van der Waals surface area contributed by atoms with Gasteiger partial charge >= 0.3 is 0 Å². The van der Waals surface area contributed by atoms with Gasteiger partial charge in [0.15, 0.2) is 0 Å². The average molecular weight is 439 g/mol. The number of carbonyl (C=O) groups is 1. The zero-order valence-corrected chi connectivity index (χ0v) is 17.4. The molecule has 28 heavy (non-hydrogen) atoms. The molecule has 3 rings (SSSR count). The van der Waals surface area contributed by atoms with Crippen LogP contribution in [0.3, 0.4) is 0 Å². The molecule has 2 aromatic carbocycles. The Bertz CT molecular complexity index is 970. The van der Waals surface area contributed by atoms with Crippen LogP contribution in [0.15, 0.2) is 53.9 Å². The molecule has 0 N–H and O–H groups in total. The molecule has 0 aromatic heterocycles. The summed E-state index contributed by atoms with van der Waals surface area (Å²) in [6.45, 7) is 1.26. The van der Waals surface area contributed by atoms with Crippen molar-refractivity contribution in [2.75, 3.05) is 26.2 Å². The van der Waals surface area contributed by atoms with Crippen molar-refractivity contribution in [3.05, 3.63) is 75.1 Å². The first-order valence-corrected chi connectivity index (χ1v) is 11.1. The first-order chi connectivity index (χ1) is 13.3. The maximum Gasteiger partial charge on any atom is 0.236 e. The lowest BCUT2D eigenvalue weighted by atomic mass is 10.1. The van der Waals surface area contributed by atoms with Crippen LogP contribution in [0.1, 0.15) is 11.1 Å². The molecule has 0 bridgehead atoms. The second-order valence-electron chi connectivity index (χ2n) is 6.46. The largest absolute Gasteiger partial charge is 0.340 e. The minimum atomic E-state index is -3.52. The minimum Gasteiger partial charge on any atom is -0.340 e. The van der Waals surface area contributed by atoms with Crippen molar-refractivity contribution < 1.29 is 13.2 Å². The van der Waals surface area contributed by atoms with Crippen LogP contribution in [0.4, 0.5) is 0 Å². The SMILES string of the molecule is O=C(Cc1ccc(Cl)c(Cl)c1)N1CCN(S(=O)(=O)/C=C/c2ccccc2)CC1. The lowest BCUT2D eigenvalue weighted by Crippen LogP contribution is -2.50. The molecule has 1 fully saturated rings. The van der Waals surface area contributed by atoms with E-state index in [0.29, 0.717) is 23.1 Å². The number of benzene rings is 2. The van der Waals surface area contributed by atoms with Gasteiger partial charge in [0.2, 0.25) is 15.9 Å². The second-order valence-corrected chi connectivity index (χ2v) is 9.10. The fourth-order valence-electron chi connectivity index (χ4n) is 2.94. The van der Waals surface area contributed by atoms with Crippen molar-refractivity contribution in [2.24, 2.45) is 0 Å². The number of piperazine rings is 1. The molecule has 5 nitrogen and oxygen atoms in total. The van der Waals surface area contributed by atoms with Crippen LogP contribution >= 0.6 is 23.2 Å². The summed E-state index contributed by atoms with van der Waals surface area (Å²) in [5.41, 5.74) is 1.60. The molecule has 0 saturated carbocycles. The third kappa shape index (κ3) is 5.35. The number of sulfonamides is 1. The van der Waals surface area contributed by atoms with Gasteiger partial charge in [0.1, 0.15) is 0 Å². The maximum atomic E-state index is 12.5. The molecule has 1 aliphatic heterocycles. The van der Waals surface area contributed by atoms with Gasteiger partial charge < -0.3 is 4.90 Å². The Kier molecular flexibility index (Phi) is 6.78. The van der Waals surface area contributed by atoms with Gasteiger partial charge in [-0.05, 0) is 29.3 Å². The molecule has 148 valence electrons. The minimum absolute atomic E-state index is 0.0599. The number of hydrogen-bond acceptors (Lipinski definition) is 3. The standard InChI is InChI=1S/C20H20Cl2N2O3S/c21-18-7-6-17(14-19(18)22)15-20(25)23-9-11-24(12-10-23)28(26,27)13-8-16-4-2-1-3-5-16/h1-8,13-14H,9-12,15H2/b13-8+. The van der Waals surface area contributed by atoms with E-state index < -0.39 is 10.0 Å². The summed E-state index contributed by atoms with van der Waals surface area (Å²) in [5.74, 6) is -0.0599. The van der Waals surface area contributed by atoms with Crippen LogP contribution < -0.4 is 0 Å². The smallest absolute Gasteiger partial charge is 0.236 e. The molecule has 0 atom stereocenters. The van der Waals surface area contributed by atoms with E-state index in [1.165, 1.54) is 9.71 Å². The van der Waals surface area contributed by atoms with Crippen LogP contribution in [-0.2, 0) is 21.2 Å². The average Bonchev–Trinajstić information content (AvgIpc) is 2.70. The number of nitrogens with zero attached hydrogens (tertiary/aromatic N) is 2. The molecule has 0 radical (unpaired) electrons. The summed E-state index contributed by atoms with van der Waals surface area (Å²) < 4.78 is 26.4. The molecule has 2 aromatic rings. The predicted octanol–water partition coefficient (Wildman–Crippen LogP) is 3.68. The molecule has 1 aliphatic rings. The fraction of sp³-hybridized carbons (Fsp3) is 0.250. The van der Waals surface area contributed by atoms with E-state index in [-0.39, 0.29) is 25.4 Å². The lowest BCUT2D eigenvalue weighted by molar-refractivity contribution is -0.131. The van der Waals surface area contributed by atoms with Crippen LogP contribution in [0.25, 0.3) is 6.08 Å². The maximum absolute atomic E-state index is 12.5. The summed E-state index contributed by atoms with van der Waals surface area (Å²) >= 11 is 11.9.